The standard InChI is InChI=1S/C24H26ClFN4O6S.ClH/c1-27-8-2-3-21(31)30(23(33)19-6-7-20(25)37-19)13-16-12-29(24(34)36-16)18-5-4-15(11-17(18)26)28-9-10-35-14-22(28)32;/h4-7,11,16,27H,2-3,8-10,12-14H2,1H3;1H/t16-;/m1./s1. The van der Waals surface area contributed by atoms with Crippen LogP contribution < -0.4 is 15.1 Å². The van der Waals surface area contributed by atoms with E-state index >= 15 is 4.39 Å². The van der Waals surface area contributed by atoms with E-state index in [2.05, 4.69) is 5.32 Å². The average molecular weight is 589 g/mol. The summed E-state index contributed by atoms with van der Waals surface area (Å²) in [4.78, 5) is 54.6. The Hall–Kier alpha value is -2.77. The average Bonchev–Trinajstić information content (AvgIpc) is 3.47. The molecule has 1 N–H and O–H groups in total. The van der Waals surface area contributed by atoms with E-state index in [1.165, 1.54) is 23.1 Å². The van der Waals surface area contributed by atoms with Crippen LogP contribution in [-0.4, -0.2) is 81.3 Å². The van der Waals surface area contributed by atoms with Crippen LogP contribution in [0, 0.1) is 5.82 Å². The van der Waals surface area contributed by atoms with Crippen molar-refractivity contribution in [2.75, 3.05) is 56.2 Å². The van der Waals surface area contributed by atoms with Crippen LogP contribution in [0.2, 0.25) is 4.34 Å². The maximum Gasteiger partial charge on any atom is 0.414 e. The Morgan fingerprint density at radius 1 is 1.24 bits per heavy atom. The van der Waals surface area contributed by atoms with Crippen molar-refractivity contribution < 1.29 is 33.0 Å². The second-order valence-electron chi connectivity index (χ2n) is 8.47. The number of hydrogen-bond acceptors (Lipinski definition) is 8. The van der Waals surface area contributed by atoms with E-state index in [0.29, 0.717) is 36.1 Å². The van der Waals surface area contributed by atoms with E-state index in [-0.39, 0.29) is 55.0 Å². The molecule has 3 heterocycles. The molecule has 2 aliphatic heterocycles. The van der Waals surface area contributed by atoms with Crippen LogP contribution in [0.5, 0.6) is 0 Å². The number of nitrogens with one attached hydrogen (secondary N) is 1. The zero-order valence-corrected chi connectivity index (χ0v) is 22.9. The minimum absolute atomic E-state index is 0. The molecule has 1 aromatic heterocycles. The lowest BCUT2D eigenvalue weighted by molar-refractivity contribution is -0.129. The molecule has 0 saturated carbocycles. The Morgan fingerprint density at radius 3 is 2.68 bits per heavy atom. The van der Waals surface area contributed by atoms with Crippen molar-refractivity contribution in [3.63, 3.8) is 0 Å². The molecule has 0 radical (unpaired) electrons. The molecular weight excluding hydrogens is 562 g/mol. The monoisotopic (exact) mass is 588 g/mol. The van der Waals surface area contributed by atoms with E-state index in [0.717, 1.165) is 21.1 Å². The Morgan fingerprint density at radius 2 is 2.03 bits per heavy atom. The molecule has 206 valence electrons. The van der Waals surface area contributed by atoms with Crippen molar-refractivity contribution in [1.29, 1.82) is 0 Å². The van der Waals surface area contributed by atoms with Gasteiger partial charge < -0.3 is 19.7 Å². The van der Waals surface area contributed by atoms with Gasteiger partial charge in [-0.2, -0.15) is 0 Å². The molecule has 0 bridgehead atoms. The molecule has 2 aromatic rings. The number of rotatable bonds is 9. The van der Waals surface area contributed by atoms with Crippen molar-refractivity contribution in [1.82, 2.24) is 10.2 Å². The van der Waals surface area contributed by atoms with Gasteiger partial charge >= 0.3 is 6.09 Å². The van der Waals surface area contributed by atoms with Crippen molar-refractivity contribution in [3.05, 3.63) is 45.4 Å². The van der Waals surface area contributed by atoms with Gasteiger partial charge in [0, 0.05) is 18.7 Å². The predicted octanol–water partition coefficient (Wildman–Crippen LogP) is 3.32. The Labute approximate surface area is 234 Å². The third kappa shape index (κ3) is 6.80. The van der Waals surface area contributed by atoms with Crippen molar-refractivity contribution in [2.24, 2.45) is 0 Å². The summed E-state index contributed by atoms with van der Waals surface area (Å²) in [6.45, 7) is 0.907. The molecule has 4 rings (SSSR count). The first-order chi connectivity index (χ1) is 17.8. The number of thiophene rings is 1. The summed E-state index contributed by atoms with van der Waals surface area (Å²) in [7, 11) is 1.76. The highest BCUT2D eigenvalue weighted by molar-refractivity contribution is 7.18. The maximum atomic E-state index is 15.0. The number of carbonyl (C=O) groups is 4. The number of nitrogens with zero attached hydrogens (tertiary/aromatic N) is 3. The molecule has 0 unspecified atom stereocenters. The van der Waals surface area contributed by atoms with Crippen molar-refractivity contribution in [3.8, 4) is 0 Å². The number of anilines is 2. The minimum Gasteiger partial charge on any atom is -0.442 e. The highest BCUT2D eigenvalue weighted by Gasteiger charge is 2.37. The summed E-state index contributed by atoms with van der Waals surface area (Å²) >= 11 is 7.01. The van der Waals surface area contributed by atoms with Crippen LogP contribution in [0.1, 0.15) is 22.5 Å². The number of cyclic esters (lactones) is 1. The summed E-state index contributed by atoms with van der Waals surface area (Å²) in [6, 6.07) is 7.23. The number of carbonyl (C=O) groups excluding carboxylic acids is 4. The summed E-state index contributed by atoms with van der Waals surface area (Å²) < 4.78 is 26.0. The van der Waals surface area contributed by atoms with Gasteiger partial charge in [0.25, 0.3) is 11.8 Å². The van der Waals surface area contributed by atoms with Gasteiger partial charge in [0.2, 0.25) is 5.91 Å². The Kier molecular flexibility index (Phi) is 10.5. The first-order valence-corrected chi connectivity index (χ1v) is 12.9. The first kappa shape index (κ1) is 29.8. The lowest BCUT2D eigenvalue weighted by atomic mass is 10.2. The molecule has 1 atom stereocenters. The molecule has 0 aliphatic carbocycles. The van der Waals surface area contributed by atoms with Crippen LogP contribution in [-0.2, 0) is 19.1 Å². The van der Waals surface area contributed by atoms with E-state index < -0.39 is 29.8 Å². The first-order valence-electron chi connectivity index (χ1n) is 11.7. The third-order valence-corrected chi connectivity index (χ3v) is 7.15. The summed E-state index contributed by atoms with van der Waals surface area (Å²) in [6.07, 6.45) is -1.02. The highest BCUT2D eigenvalue weighted by Crippen LogP contribution is 2.30. The van der Waals surface area contributed by atoms with Gasteiger partial charge in [-0.15, -0.1) is 23.7 Å². The number of morpholine rings is 1. The zero-order chi connectivity index (χ0) is 26.5. The van der Waals surface area contributed by atoms with E-state index in [9.17, 15) is 19.2 Å². The fourth-order valence-corrected chi connectivity index (χ4v) is 5.09. The molecular formula is C24H27Cl2FN4O6S. The lowest BCUT2D eigenvalue weighted by Gasteiger charge is -2.27. The topological polar surface area (TPSA) is 108 Å². The van der Waals surface area contributed by atoms with E-state index in [1.54, 1.807) is 19.2 Å². The van der Waals surface area contributed by atoms with Crippen LogP contribution in [0.3, 0.4) is 0 Å². The molecule has 1 aromatic carbocycles. The molecule has 38 heavy (non-hydrogen) atoms. The summed E-state index contributed by atoms with van der Waals surface area (Å²) in [5, 5.41) is 2.95. The number of ether oxygens (including phenoxy) is 2. The maximum absolute atomic E-state index is 15.0. The fraction of sp³-hybridized carbons (Fsp3) is 0.417. The normalized spacial score (nSPS) is 17.3. The van der Waals surface area contributed by atoms with Gasteiger partial charge in [0.05, 0.1) is 34.6 Å². The van der Waals surface area contributed by atoms with Gasteiger partial charge in [0.1, 0.15) is 18.5 Å². The minimum atomic E-state index is -0.861. The van der Waals surface area contributed by atoms with Crippen LogP contribution in [0.25, 0.3) is 0 Å². The lowest BCUT2D eigenvalue weighted by Crippen LogP contribution is -2.43. The highest BCUT2D eigenvalue weighted by atomic mass is 35.5. The molecule has 10 nitrogen and oxygen atoms in total. The summed E-state index contributed by atoms with van der Waals surface area (Å²) in [5.41, 5.74) is 0.331. The second kappa shape index (κ2) is 13.3. The SMILES string of the molecule is CNCCCC(=O)N(C[C@H]1CN(c2ccc(N3CCOCC3=O)cc2F)C(=O)O1)C(=O)c1ccc(Cl)s1.Cl. The molecule has 2 saturated heterocycles. The van der Waals surface area contributed by atoms with Crippen molar-refractivity contribution >= 4 is 70.5 Å². The molecule has 2 aliphatic rings. The van der Waals surface area contributed by atoms with Crippen LogP contribution in [0.4, 0.5) is 20.6 Å². The number of amides is 4. The number of halogens is 3. The van der Waals surface area contributed by atoms with E-state index in [1.807, 2.05) is 0 Å². The predicted molar refractivity (Wildman–Crippen MR) is 143 cm³/mol. The van der Waals surface area contributed by atoms with Gasteiger partial charge in [0.15, 0.2) is 0 Å². The second-order valence-corrected chi connectivity index (χ2v) is 10.2. The largest absolute Gasteiger partial charge is 0.442 e. The molecule has 14 heteroatoms. The van der Waals surface area contributed by atoms with Crippen LogP contribution >= 0.6 is 35.3 Å². The molecule has 0 spiro atoms. The van der Waals surface area contributed by atoms with Crippen LogP contribution in [0.15, 0.2) is 30.3 Å². The smallest absolute Gasteiger partial charge is 0.414 e. The van der Waals surface area contributed by atoms with Crippen molar-refractivity contribution in [2.45, 2.75) is 18.9 Å². The number of hydrogen-bond donors (Lipinski definition) is 1. The molecule has 4 amide bonds. The fourth-order valence-electron chi connectivity index (χ4n) is 4.10. The Bertz CT molecular complexity index is 1200. The van der Waals surface area contributed by atoms with Gasteiger partial charge in [-0.1, -0.05) is 11.6 Å². The third-order valence-electron chi connectivity index (χ3n) is 5.93. The van der Waals surface area contributed by atoms with Gasteiger partial charge in [-0.25, -0.2) is 9.18 Å². The zero-order valence-electron chi connectivity index (χ0n) is 20.5. The Balaban J connectivity index is 0.00000400. The number of benzene rings is 1. The summed E-state index contributed by atoms with van der Waals surface area (Å²) in [5.74, 6) is -1.94. The number of imide groups is 1. The molecule has 2 fully saturated rings. The quantitative estimate of drug-likeness (QED) is 0.447. The van der Waals surface area contributed by atoms with Gasteiger partial charge in [-0.05, 0) is 50.3 Å². The van der Waals surface area contributed by atoms with E-state index in [4.69, 9.17) is 21.1 Å². The van der Waals surface area contributed by atoms with Gasteiger partial charge in [-0.3, -0.25) is 24.2 Å².